The maximum atomic E-state index is 4.90. The second kappa shape index (κ2) is 3.71. The van der Waals surface area contributed by atoms with Crippen molar-refractivity contribution >= 4 is 11.2 Å². The number of nitrogens with zero attached hydrogens (tertiary/aromatic N) is 2. The van der Waals surface area contributed by atoms with Gasteiger partial charge in [-0.3, -0.25) is 0 Å². The fourth-order valence-corrected chi connectivity index (χ4v) is 0.704. The lowest BCUT2D eigenvalue weighted by atomic mass is 10.5. The van der Waals surface area contributed by atoms with Crippen molar-refractivity contribution in [3.8, 4) is 0 Å². The fourth-order valence-electron chi connectivity index (χ4n) is 0.704. The molecule has 0 unspecified atom stereocenters. The van der Waals surface area contributed by atoms with Gasteiger partial charge in [-0.05, 0) is 12.1 Å². The van der Waals surface area contributed by atoms with E-state index in [0.29, 0.717) is 5.71 Å². The van der Waals surface area contributed by atoms with E-state index in [1.807, 2.05) is 26.0 Å². The van der Waals surface area contributed by atoms with Gasteiger partial charge in [0, 0.05) is 6.20 Å². The Bertz CT molecular complexity index is 286. The van der Waals surface area contributed by atoms with Gasteiger partial charge in [-0.25, -0.2) is 9.97 Å². The molecule has 2 aromatic rings. The van der Waals surface area contributed by atoms with Crippen LogP contribution in [0.1, 0.15) is 13.8 Å². The number of oxazole rings is 1. The van der Waals surface area contributed by atoms with Gasteiger partial charge in [0.25, 0.3) is 0 Å². The lowest BCUT2D eigenvalue weighted by Crippen LogP contribution is -1.69. The van der Waals surface area contributed by atoms with Gasteiger partial charge in [-0.2, -0.15) is 0 Å². The van der Waals surface area contributed by atoms with E-state index in [-0.39, 0.29) is 0 Å². The van der Waals surface area contributed by atoms with Crippen molar-refractivity contribution in [2.75, 3.05) is 0 Å². The molecule has 0 aromatic carbocycles. The summed E-state index contributed by atoms with van der Waals surface area (Å²) in [4.78, 5) is 7.80. The molecule has 0 fully saturated rings. The zero-order valence-electron chi connectivity index (χ0n) is 6.61. The number of hydrogen-bond acceptors (Lipinski definition) is 3. The normalized spacial score (nSPS) is 8.91. The number of fused-ring (bicyclic) bond motifs is 1. The molecule has 0 spiro atoms. The van der Waals surface area contributed by atoms with Crippen molar-refractivity contribution in [1.82, 2.24) is 9.97 Å². The molecule has 0 radical (unpaired) electrons. The van der Waals surface area contributed by atoms with Gasteiger partial charge in [-0.15, -0.1) is 0 Å². The average molecular weight is 150 g/mol. The van der Waals surface area contributed by atoms with Crippen molar-refractivity contribution in [2.45, 2.75) is 13.8 Å². The highest BCUT2D eigenvalue weighted by Crippen LogP contribution is 2.05. The van der Waals surface area contributed by atoms with Crippen LogP contribution in [0.3, 0.4) is 0 Å². The first kappa shape index (κ1) is 7.72. The van der Waals surface area contributed by atoms with Crippen LogP contribution in [0.15, 0.2) is 29.1 Å². The van der Waals surface area contributed by atoms with E-state index in [1.54, 1.807) is 6.20 Å². The Morgan fingerprint density at radius 2 is 2.09 bits per heavy atom. The largest absolute Gasteiger partial charge is 0.425 e. The summed E-state index contributed by atoms with van der Waals surface area (Å²) in [7, 11) is 0. The summed E-state index contributed by atoms with van der Waals surface area (Å²) in [6.07, 6.45) is 3.06. The Kier molecular flexibility index (Phi) is 2.60. The van der Waals surface area contributed by atoms with Gasteiger partial charge in [0.15, 0.2) is 6.39 Å². The summed E-state index contributed by atoms with van der Waals surface area (Å²) in [5.41, 5.74) is 1.40. The molecule has 0 atom stereocenters. The highest BCUT2D eigenvalue weighted by Gasteiger charge is 1.93. The van der Waals surface area contributed by atoms with E-state index < -0.39 is 0 Å². The SMILES string of the molecule is CC.c1cnc2ocnc2c1. The molecule has 0 aliphatic heterocycles. The molecular weight excluding hydrogens is 140 g/mol. The quantitative estimate of drug-likeness (QED) is 0.578. The van der Waals surface area contributed by atoms with Crippen LogP contribution < -0.4 is 0 Å². The standard InChI is InChI=1S/C6H4N2O.C2H6/c1-2-5-6(7-3-1)9-4-8-5;1-2/h1-4H;1-2H3. The monoisotopic (exact) mass is 150 g/mol. The third kappa shape index (κ3) is 1.55. The second-order valence-electron chi connectivity index (χ2n) is 1.68. The van der Waals surface area contributed by atoms with Crippen LogP contribution in [0.2, 0.25) is 0 Å². The van der Waals surface area contributed by atoms with E-state index in [9.17, 15) is 0 Å². The van der Waals surface area contributed by atoms with Gasteiger partial charge in [0.2, 0.25) is 5.71 Å². The third-order valence-corrected chi connectivity index (χ3v) is 1.11. The van der Waals surface area contributed by atoms with Crippen molar-refractivity contribution < 1.29 is 4.42 Å². The van der Waals surface area contributed by atoms with Crippen molar-refractivity contribution in [3.63, 3.8) is 0 Å². The summed E-state index contributed by atoms with van der Waals surface area (Å²) in [5.74, 6) is 0. The van der Waals surface area contributed by atoms with Crippen LogP contribution in [-0.2, 0) is 0 Å². The molecule has 3 heteroatoms. The van der Waals surface area contributed by atoms with Gasteiger partial charge in [-0.1, -0.05) is 13.8 Å². The van der Waals surface area contributed by atoms with Gasteiger partial charge < -0.3 is 4.42 Å². The topological polar surface area (TPSA) is 38.9 Å². The summed E-state index contributed by atoms with van der Waals surface area (Å²) in [6.45, 7) is 4.00. The molecule has 58 valence electrons. The van der Waals surface area contributed by atoms with E-state index in [0.717, 1.165) is 5.52 Å². The molecule has 0 saturated carbocycles. The molecule has 0 bridgehead atoms. The lowest BCUT2D eigenvalue weighted by Gasteiger charge is -1.78. The Hall–Kier alpha value is -1.38. The summed E-state index contributed by atoms with van der Waals surface area (Å²) >= 11 is 0. The average Bonchev–Trinajstić information content (AvgIpc) is 2.55. The molecule has 2 rings (SSSR count). The fraction of sp³-hybridized carbons (Fsp3) is 0.250. The highest BCUT2D eigenvalue weighted by molar-refractivity contribution is 5.66. The predicted octanol–water partition coefficient (Wildman–Crippen LogP) is 2.25. The minimum absolute atomic E-state index is 0.595. The van der Waals surface area contributed by atoms with Crippen molar-refractivity contribution in [2.24, 2.45) is 0 Å². The smallest absolute Gasteiger partial charge is 0.246 e. The number of hydrogen-bond donors (Lipinski definition) is 0. The molecule has 2 heterocycles. The first-order valence-electron chi connectivity index (χ1n) is 3.61. The summed E-state index contributed by atoms with van der Waals surface area (Å²) in [6, 6.07) is 3.68. The Labute approximate surface area is 65.1 Å². The molecule has 0 N–H and O–H groups in total. The first-order chi connectivity index (χ1) is 5.47. The third-order valence-electron chi connectivity index (χ3n) is 1.11. The van der Waals surface area contributed by atoms with Crippen molar-refractivity contribution in [3.05, 3.63) is 24.7 Å². The molecular formula is C8H10N2O. The maximum absolute atomic E-state index is 4.90. The molecule has 2 aromatic heterocycles. The zero-order valence-corrected chi connectivity index (χ0v) is 6.61. The summed E-state index contributed by atoms with van der Waals surface area (Å²) < 4.78 is 4.90. The minimum Gasteiger partial charge on any atom is -0.425 e. The van der Waals surface area contributed by atoms with Crippen LogP contribution in [0.5, 0.6) is 0 Å². The lowest BCUT2D eigenvalue weighted by molar-refractivity contribution is 0.590. The van der Waals surface area contributed by atoms with Gasteiger partial charge in [0.1, 0.15) is 5.52 Å². The Balaban J connectivity index is 0.000000281. The molecule has 0 saturated heterocycles. The summed E-state index contributed by atoms with van der Waals surface area (Å²) in [5, 5.41) is 0. The number of aromatic nitrogens is 2. The predicted molar refractivity (Wildman–Crippen MR) is 43.2 cm³/mol. The number of pyridine rings is 1. The zero-order chi connectivity index (χ0) is 8.10. The van der Waals surface area contributed by atoms with Crippen LogP contribution in [0, 0.1) is 0 Å². The van der Waals surface area contributed by atoms with Gasteiger partial charge in [0.05, 0.1) is 0 Å². The minimum atomic E-state index is 0.595. The van der Waals surface area contributed by atoms with Gasteiger partial charge >= 0.3 is 0 Å². The van der Waals surface area contributed by atoms with Crippen LogP contribution in [0.25, 0.3) is 11.2 Å². The molecule has 0 aliphatic rings. The van der Waals surface area contributed by atoms with Crippen LogP contribution in [-0.4, -0.2) is 9.97 Å². The van der Waals surface area contributed by atoms with E-state index in [2.05, 4.69) is 9.97 Å². The van der Waals surface area contributed by atoms with E-state index in [4.69, 9.17) is 4.42 Å². The second-order valence-corrected chi connectivity index (χ2v) is 1.68. The van der Waals surface area contributed by atoms with Crippen LogP contribution >= 0.6 is 0 Å². The Morgan fingerprint density at radius 3 is 2.82 bits per heavy atom. The molecule has 11 heavy (non-hydrogen) atoms. The maximum Gasteiger partial charge on any atom is 0.246 e. The van der Waals surface area contributed by atoms with Crippen molar-refractivity contribution in [1.29, 1.82) is 0 Å². The van der Waals surface area contributed by atoms with Crippen LogP contribution in [0.4, 0.5) is 0 Å². The highest BCUT2D eigenvalue weighted by atomic mass is 16.3. The first-order valence-corrected chi connectivity index (χ1v) is 3.61. The number of rotatable bonds is 0. The Morgan fingerprint density at radius 1 is 1.27 bits per heavy atom. The van der Waals surface area contributed by atoms with E-state index in [1.165, 1.54) is 6.39 Å². The van der Waals surface area contributed by atoms with E-state index >= 15 is 0 Å². The molecule has 3 nitrogen and oxygen atoms in total. The molecule has 0 aliphatic carbocycles. The molecule has 0 amide bonds.